The zero-order valence-corrected chi connectivity index (χ0v) is 15.8. The molecule has 0 unspecified atom stereocenters. The molecule has 1 amide bonds. The molecule has 0 aliphatic carbocycles. The van der Waals surface area contributed by atoms with Crippen molar-refractivity contribution in [2.75, 3.05) is 11.9 Å². The minimum absolute atomic E-state index is 0.0264. The number of carbonyl (C=O) groups is 1. The molecular formula is C18H18N4O5S. The Balaban J connectivity index is 1.86. The number of nitrogens with zero attached hydrogens (tertiary/aromatic N) is 3. The maximum Gasteiger partial charge on any atom is 0.269 e. The van der Waals surface area contributed by atoms with Crippen LogP contribution in [0.4, 0.5) is 11.5 Å². The van der Waals surface area contributed by atoms with Gasteiger partial charge in [0, 0.05) is 24.4 Å². The number of hydrogen-bond acceptors (Lipinski definition) is 6. The monoisotopic (exact) mass is 402 g/mol. The first-order chi connectivity index (χ1) is 13.3. The van der Waals surface area contributed by atoms with Crippen LogP contribution in [0, 0.1) is 17.0 Å². The van der Waals surface area contributed by atoms with Crippen LogP contribution in [0.1, 0.15) is 12.1 Å². The highest BCUT2D eigenvalue weighted by atomic mass is 32.2. The molecule has 28 heavy (non-hydrogen) atoms. The van der Waals surface area contributed by atoms with Crippen molar-refractivity contribution < 1.29 is 18.1 Å². The number of sulfonamides is 1. The summed E-state index contributed by atoms with van der Waals surface area (Å²) < 4.78 is 27.1. The molecule has 10 heteroatoms. The van der Waals surface area contributed by atoms with Gasteiger partial charge in [-0.15, -0.1) is 0 Å². The second-order valence-corrected chi connectivity index (χ2v) is 8.09. The van der Waals surface area contributed by atoms with Crippen molar-refractivity contribution in [2.24, 2.45) is 0 Å². The lowest BCUT2D eigenvalue weighted by Gasteiger charge is -2.30. The summed E-state index contributed by atoms with van der Waals surface area (Å²) in [7, 11) is -4.02. The summed E-state index contributed by atoms with van der Waals surface area (Å²) in [6.07, 6.45) is 3.62. The van der Waals surface area contributed by atoms with Crippen molar-refractivity contribution >= 4 is 27.4 Å². The number of rotatable bonds is 5. The van der Waals surface area contributed by atoms with Gasteiger partial charge in [-0.25, -0.2) is 13.4 Å². The lowest BCUT2D eigenvalue weighted by molar-refractivity contribution is -0.384. The Kier molecular flexibility index (Phi) is 5.52. The molecular weight excluding hydrogens is 384 g/mol. The summed E-state index contributed by atoms with van der Waals surface area (Å²) in [5.41, 5.74) is 0.508. The molecule has 0 saturated carbocycles. The van der Waals surface area contributed by atoms with Gasteiger partial charge >= 0.3 is 0 Å². The Morgan fingerprint density at radius 3 is 2.57 bits per heavy atom. The average molecular weight is 402 g/mol. The van der Waals surface area contributed by atoms with E-state index in [-0.39, 0.29) is 23.5 Å². The number of nitro groups is 1. The third-order valence-electron chi connectivity index (χ3n) is 4.26. The Morgan fingerprint density at radius 1 is 1.21 bits per heavy atom. The third-order valence-corrected chi connectivity index (χ3v) is 6.14. The standard InChI is InChI=1S/C18H18N4O5S/c1-13-5-4-7-17(19-13)20-18(23)16-6-2-3-12-21(16)28(26,27)15-10-8-14(9-11-15)22(24)25/h2-5,7-11,16H,6,12H2,1H3,(H,19,20,23)/t16-/m0/s1. The van der Waals surface area contributed by atoms with E-state index in [0.29, 0.717) is 5.82 Å². The number of carbonyl (C=O) groups excluding carboxylic acids is 1. The molecule has 1 N–H and O–H groups in total. The second-order valence-electron chi connectivity index (χ2n) is 6.20. The summed E-state index contributed by atoms with van der Waals surface area (Å²) in [4.78, 5) is 27.0. The number of nitro benzene ring substituents is 1. The van der Waals surface area contributed by atoms with E-state index in [1.807, 2.05) is 0 Å². The highest BCUT2D eigenvalue weighted by molar-refractivity contribution is 7.89. The van der Waals surface area contributed by atoms with E-state index in [0.717, 1.165) is 22.1 Å². The first kappa shape index (κ1) is 19.6. The first-order valence-electron chi connectivity index (χ1n) is 8.45. The predicted octanol–water partition coefficient (Wildman–Crippen LogP) is 2.26. The molecule has 2 aromatic rings. The van der Waals surface area contributed by atoms with Crippen LogP contribution >= 0.6 is 0 Å². The number of non-ortho nitro benzene ring substituents is 1. The normalized spacial score (nSPS) is 17.2. The minimum atomic E-state index is -4.02. The van der Waals surface area contributed by atoms with Gasteiger partial charge in [-0.3, -0.25) is 14.9 Å². The molecule has 0 fully saturated rings. The van der Waals surface area contributed by atoms with E-state index in [2.05, 4.69) is 10.3 Å². The van der Waals surface area contributed by atoms with Gasteiger partial charge in [0.05, 0.1) is 9.82 Å². The number of pyridine rings is 1. The number of aryl methyl sites for hydroxylation is 1. The highest BCUT2D eigenvalue weighted by Gasteiger charge is 2.36. The van der Waals surface area contributed by atoms with E-state index >= 15 is 0 Å². The van der Waals surface area contributed by atoms with Crippen LogP contribution in [0.5, 0.6) is 0 Å². The fourth-order valence-electron chi connectivity index (χ4n) is 2.85. The molecule has 0 radical (unpaired) electrons. The van der Waals surface area contributed by atoms with Crippen molar-refractivity contribution in [1.29, 1.82) is 0 Å². The molecule has 3 rings (SSSR count). The van der Waals surface area contributed by atoms with Gasteiger partial charge in [-0.1, -0.05) is 18.2 Å². The number of amides is 1. The van der Waals surface area contributed by atoms with Gasteiger partial charge in [0.1, 0.15) is 11.9 Å². The summed E-state index contributed by atoms with van der Waals surface area (Å²) in [6, 6.07) is 8.78. The maximum atomic E-state index is 13.0. The summed E-state index contributed by atoms with van der Waals surface area (Å²) in [6.45, 7) is 1.81. The summed E-state index contributed by atoms with van der Waals surface area (Å²) in [5, 5.41) is 13.4. The first-order valence-corrected chi connectivity index (χ1v) is 9.89. The van der Waals surface area contributed by atoms with Gasteiger partial charge in [-0.2, -0.15) is 4.31 Å². The second kappa shape index (κ2) is 7.87. The lowest BCUT2D eigenvalue weighted by Crippen LogP contribution is -2.48. The van der Waals surface area contributed by atoms with Gasteiger partial charge in [-0.05, 0) is 37.6 Å². The number of nitrogens with one attached hydrogen (secondary N) is 1. The molecule has 0 bridgehead atoms. The van der Waals surface area contributed by atoms with Gasteiger partial charge < -0.3 is 5.32 Å². The van der Waals surface area contributed by atoms with Gasteiger partial charge in [0.25, 0.3) is 5.69 Å². The molecule has 2 heterocycles. The number of aromatic nitrogens is 1. The van der Waals surface area contributed by atoms with Crippen molar-refractivity contribution in [3.8, 4) is 0 Å². The third kappa shape index (κ3) is 4.07. The summed E-state index contributed by atoms with van der Waals surface area (Å²) in [5.74, 6) is -0.153. The Hall–Kier alpha value is -3.11. The fraction of sp³-hybridized carbons (Fsp3) is 0.222. The Morgan fingerprint density at radius 2 is 1.93 bits per heavy atom. The maximum absolute atomic E-state index is 13.0. The Labute approximate surface area is 161 Å². The van der Waals surface area contributed by atoms with E-state index < -0.39 is 26.9 Å². The van der Waals surface area contributed by atoms with Crippen LogP contribution in [0.15, 0.2) is 59.5 Å². The quantitative estimate of drug-likeness (QED) is 0.465. The van der Waals surface area contributed by atoms with E-state index in [1.165, 1.54) is 12.1 Å². The zero-order chi connectivity index (χ0) is 20.3. The molecule has 0 spiro atoms. The van der Waals surface area contributed by atoms with Crippen LogP contribution < -0.4 is 5.32 Å². The topological polar surface area (TPSA) is 123 Å². The van der Waals surface area contributed by atoms with Crippen LogP contribution in [0.3, 0.4) is 0 Å². The molecule has 1 aromatic carbocycles. The summed E-state index contributed by atoms with van der Waals surface area (Å²) >= 11 is 0. The molecule has 1 aromatic heterocycles. The van der Waals surface area contributed by atoms with E-state index in [9.17, 15) is 23.3 Å². The smallest absolute Gasteiger partial charge is 0.269 e. The number of benzene rings is 1. The lowest BCUT2D eigenvalue weighted by atomic mass is 10.1. The number of anilines is 1. The van der Waals surface area contributed by atoms with Crippen molar-refractivity contribution in [3.05, 3.63) is 70.4 Å². The Bertz CT molecular complexity index is 1030. The molecule has 0 saturated heterocycles. The van der Waals surface area contributed by atoms with Crippen LogP contribution in [-0.2, 0) is 14.8 Å². The largest absolute Gasteiger partial charge is 0.309 e. The molecule has 1 aliphatic heterocycles. The van der Waals surface area contributed by atoms with Crippen molar-refractivity contribution in [1.82, 2.24) is 9.29 Å². The van der Waals surface area contributed by atoms with E-state index in [1.54, 1.807) is 37.3 Å². The fourth-order valence-corrected chi connectivity index (χ4v) is 4.40. The van der Waals surface area contributed by atoms with Crippen LogP contribution in [-0.4, -0.2) is 41.1 Å². The average Bonchev–Trinajstić information content (AvgIpc) is 2.68. The van der Waals surface area contributed by atoms with Crippen molar-refractivity contribution in [2.45, 2.75) is 24.3 Å². The van der Waals surface area contributed by atoms with Crippen molar-refractivity contribution in [3.63, 3.8) is 0 Å². The number of hydrogen-bond donors (Lipinski definition) is 1. The van der Waals surface area contributed by atoms with E-state index in [4.69, 9.17) is 0 Å². The SMILES string of the molecule is Cc1cccc(NC(=O)[C@@H]2CC=CCN2S(=O)(=O)c2ccc([N+](=O)[O-])cc2)n1. The van der Waals surface area contributed by atoms with Gasteiger partial charge in [0.2, 0.25) is 15.9 Å². The van der Waals surface area contributed by atoms with Gasteiger partial charge in [0.15, 0.2) is 0 Å². The highest BCUT2D eigenvalue weighted by Crippen LogP contribution is 2.25. The molecule has 9 nitrogen and oxygen atoms in total. The predicted molar refractivity (Wildman–Crippen MR) is 102 cm³/mol. The molecule has 1 aliphatic rings. The van der Waals surface area contributed by atoms with Crippen LogP contribution in [0.2, 0.25) is 0 Å². The van der Waals surface area contributed by atoms with Crippen LogP contribution in [0.25, 0.3) is 0 Å². The molecule has 1 atom stereocenters. The zero-order valence-electron chi connectivity index (χ0n) is 15.0. The molecule has 146 valence electrons. The minimum Gasteiger partial charge on any atom is -0.309 e.